The van der Waals surface area contributed by atoms with Crippen molar-refractivity contribution in [3.8, 4) is 5.88 Å². The normalized spacial score (nSPS) is 16.1. The lowest BCUT2D eigenvalue weighted by atomic mass is 9.89. The first-order valence-electron chi connectivity index (χ1n) is 4.47. The second-order valence-corrected chi connectivity index (χ2v) is 3.91. The number of nitrogens with zero attached hydrogens (tertiary/aromatic N) is 1. The van der Waals surface area contributed by atoms with Gasteiger partial charge in [-0.15, -0.1) is 0 Å². The topological polar surface area (TPSA) is 37.9 Å². The lowest BCUT2D eigenvalue weighted by Crippen LogP contribution is -2.38. The Kier molecular flexibility index (Phi) is 3.60. The summed E-state index contributed by atoms with van der Waals surface area (Å²) in [6.07, 6.45) is -2.91. The minimum absolute atomic E-state index is 0.0137. The van der Waals surface area contributed by atoms with Gasteiger partial charge >= 0.3 is 0 Å². The van der Waals surface area contributed by atoms with Crippen LogP contribution in [0.5, 0.6) is 5.88 Å². The highest BCUT2D eigenvalue weighted by atomic mass is 19.2. The van der Waals surface area contributed by atoms with Gasteiger partial charge in [-0.05, 0) is 0 Å². The van der Waals surface area contributed by atoms with Gasteiger partial charge in [0.1, 0.15) is 0 Å². The van der Waals surface area contributed by atoms with E-state index in [4.69, 9.17) is 0 Å². The smallest absolute Gasteiger partial charge is 0.271 e. The molecule has 0 aliphatic rings. The summed E-state index contributed by atoms with van der Waals surface area (Å²) in [5.74, 6) is 0.0137. The van der Waals surface area contributed by atoms with Crippen molar-refractivity contribution < 1.29 is 17.9 Å². The number of hydrogen-bond acceptors (Lipinski definition) is 2. The van der Waals surface area contributed by atoms with Crippen LogP contribution in [0.3, 0.4) is 0 Å². The number of rotatable bonds is 5. The summed E-state index contributed by atoms with van der Waals surface area (Å²) in [5.41, 5.74) is -1.40. The highest BCUT2D eigenvalue weighted by Crippen LogP contribution is 2.29. The molecule has 15 heavy (non-hydrogen) atoms. The average Bonchev–Trinajstić information content (AvgIpc) is 2.69. The summed E-state index contributed by atoms with van der Waals surface area (Å²) in [5, 5.41) is 5.82. The number of alkyl halides is 3. The van der Waals surface area contributed by atoms with Gasteiger partial charge in [-0.2, -0.15) is 9.49 Å². The third-order valence-corrected chi connectivity index (χ3v) is 2.04. The van der Waals surface area contributed by atoms with Crippen molar-refractivity contribution >= 4 is 0 Å². The van der Waals surface area contributed by atoms with Gasteiger partial charge in [0, 0.05) is 11.5 Å². The van der Waals surface area contributed by atoms with E-state index in [2.05, 4.69) is 14.9 Å². The van der Waals surface area contributed by atoms with Gasteiger partial charge < -0.3 is 4.74 Å². The summed E-state index contributed by atoms with van der Waals surface area (Å²) < 4.78 is 43.6. The van der Waals surface area contributed by atoms with E-state index in [1.807, 2.05) is 0 Å². The van der Waals surface area contributed by atoms with Gasteiger partial charge in [0.2, 0.25) is 5.88 Å². The molecular weight excluding hydrogens is 209 g/mol. The number of hydrogen-bond donors (Lipinski definition) is 1. The second kappa shape index (κ2) is 4.55. The van der Waals surface area contributed by atoms with Crippen LogP contribution < -0.4 is 4.74 Å². The van der Waals surface area contributed by atoms with Crippen LogP contribution >= 0.6 is 0 Å². The van der Waals surface area contributed by atoms with Crippen molar-refractivity contribution in [3.63, 3.8) is 0 Å². The Morgan fingerprint density at radius 1 is 1.53 bits per heavy atom. The van der Waals surface area contributed by atoms with Crippen LogP contribution in [0.1, 0.15) is 13.8 Å². The Bertz CT molecular complexity index is 290. The molecule has 0 saturated heterocycles. The molecule has 6 heteroatoms. The predicted molar refractivity (Wildman–Crippen MR) is 48.8 cm³/mol. The molecule has 2 atom stereocenters. The number of ether oxygens (including phenoxy) is 1. The molecule has 1 rings (SSSR count). The molecular formula is C9H13F3N2O. The molecule has 0 bridgehead atoms. The minimum atomic E-state index is -2.21. The third-order valence-electron chi connectivity index (χ3n) is 2.04. The molecule has 0 fully saturated rings. The molecule has 0 saturated carbocycles. The zero-order chi connectivity index (χ0) is 11.5. The molecule has 3 nitrogen and oxygen atoms in total. The standard InChI is InChI=1S/C9H13F3N2O/c1-9(2,5-10)7(11)8(12)15-6-3-4-13-14-6/h3-4,7-8H,5H2,1-2H3,(H,13,14). The lowest BCUT2D eigenvalue weighted by molar-refractivity contribution is -0.0644. The fourth-order valence-corrected chi connectivity index (χ4v) is 0.918. The first kappa shape index (κ1) is 11.9. The fourth-order valence-electron chi connectivity index (χ4n) is 0.918. The maximum absolute atomic E-state index is 13.4. The van der Waals surface area contributed by atoms with Gasteiger partial charge in [-0.25, -0.2) is 9.49 Å². The van der Waals surface area contributed by atoms with Crippen molar-refractivity contribution in [2.45, 2.75) is 26.4 Å². The SMILES string of the molecule is CC(C)(CF)C(F)C(F)Oc1ccn[nH]1. The Hall–Kier alpha value is -1.20. The molecule has 0 aliphatic heterocycles. The van der Waals surface area contributed by atoms with Crippen LogP contribution in [0, 0.1) is 5.41 Å². The van der Waals surface area contributed by atoms with E-state index in [0.717, 1.165) is 0 Å². The molecule has 1 heterocycles. The Balaban J connectivity index is 2.57. The Morgan fingerprint density at radius 2 is 2.20 bits per heavy atom. The second-order valence-electron chi connectivity index (χ2n) is 3.91. The van der Waals surface area contributed by atoms with E-state index in [1.54, 1.807) is 0 Å². The van der Waals surface area contributed by atoms with Crippen molar-refractivity contribution in [1.29, 1.82) is 0 Å². The highest BCUT2D eigenvalue weighted by molar-refractivity contribution is 5.04. The molecule has 0 aliphatic carbocycles. The van der Waals surface area contributed by atoms with Crippen molar-refractivity contribution in [2.75, 3.05) is 6.67 Å². The quantitative estimate of drug-likeness (QED) is 0.830. The van der Waals surface area contributed by atoms with E-state index in [1.165, 1.54) is 26.1 Å². The number of aromatic amines is 1. The van der Waals surface area contributed by atoms with Gasteiger partial charge in [0.25, 0.3) is 6.36 Å². The zero-order valence-electron chi connectivity index (χ0n) is 8.51. The molecule has 2 unspecified atom stereocenters. The Labute approximate surface area is 85.6 Å². The van der Waals surface area contributed by atoms with E-state index >= 15 is 0 Å². The van der Waals surface area contributed by atoms with Gasteiger partial charge in [-0.1, -0.05) is 13.8 Å². The van der Waals surface area contributed by atoms with Gasteiger partial charge in [-0.3, -0.25) is 4.39 Å². The van der Waals surface area contributed by atoms with E-state index < -0.39 is 24.6 Å². The highest BCUT2D eigenvalue weighted by Gasteiger charge is 2.38. The number of aromatic nitrogens is 2. The van der Waals surface area contributed by atoms with Crippen LogP contribution in [0.4, 0.5) is 13.2 Å². The average molecular weight is 222 g/mol. The van der Waals surface area contributed by atoms with Crippen LogP contribution in [0.25, 0.3) is 0 Å². The molecule has 1 N–H and O–H groups in total. The van der Waals surface area contributed by atoms with E-state index in [9.17, 15) is 13.2 Å². The molecule has 1 aromatic heterocycles. The van der Waals surface area contributed by atoms with Crippen LogP contribution in [-0.4, -0.2) is 29.4 Å². The molecule has 0 radical (unpaired) electrons. The van der Waals surface area contributed by atoms with Crippen molar-refractivity contribution in [3.05, 3.63) is 12.3 Å². The van der Waals surface area contributed by atoms with Crippen LogP contribution in [0.2, 0.25) is 0 Å². The summed E-state index contributed by atoms with van der Waals surface area (Å²) in [4.78, 5) is 0. The monoisotopic (exact) mass is 222 g/mol. The molecule has 86 valence electrons. The third kappa shape index (κ3) is 2.87. The molecule has 0 amide bonds. The van der Waals surface area contributed by atoms with Gasteiger partial charge in [0.05, 0.1) is 12.9 Å². The van der Waals surface area contributed by atoms with Crippen molar-refractivity contribution in [1.82, 2.24) is 10.2 Å². The fraction of sp³-hybridized carbons (Fsp3) is 0.667. The summed E-state index contributed by atoms with van der Waals surface area (Å²) in [6.45, 7) is 1.63. The zero-order valence-corrected chi connectivity index (χ0v) is 8.51. The number of halogens is 3. The summed E-state index contributed by atoms with van der Waals surface area (Å²) in [6, 6.07) is 1.35. The van der Waals surface area contributed by atoms with E-state index in [0.29, 0.717) is 0 Å². The van der Waals surface area contributed by atoms with Gasteiger partial charge in [0.15, 0.2) is 6.17 Å². The van der Waals surface area contributed by atoms with Crippen molar-refractivity contribution in [2.24, 2.45) is 5.41 Å². The van der Waals surface area contributed by atoms with Crippen LogP contribution in [-0.2, 0) is 0 Å². The maximum Gasteiger partial charge on any atom is 0.271 e. The summed E-state index contributed by atoms with van der Waals surface area (Å²) >= 11 is 0. The Morgan fingerprint density at radius 3 is 2.67 bits per heavy atom. The van der Waals surface area contributed by atoms with E-state index in [-0.39, 0.29) is 5.88 Å². The first-order chi connectivity index (χ1) is 6.97. The first-order valence-corrected chi connectivity index (χ1v) is 4.47. The summed E-state index contributed by atoms with van der Waals surface area (Å²) in [7, 11) is 0. The largest absolute Gasteiger partial charge is 0.441 e. The lowest BCUT2D eigenvalue weighted by Gasteiger charge is -2.27. The predicted octanol–water partition coefficient (Wildman–Crippen LogP) is 2.42. The number of H-pyrrole nitrogens is 1. The van der Waals surface area contributed by atoms with Crippen LogP contribution in [0.15, 0.2) is 12.3 Å². The minimum Gasteiger partial charge on any atom is -0.441 e. The molecule has 1 aromatic rings. The molecule has 0 spiro atoms. The molecule has 0 aromatic carbocycles. The number of nitrogens with one attached hydrogen (secondary N) is 1. The maximum atomic E-state index is 13.4.